The van der Waals surface area contributed by atoms with Gasteiger partial charge in [-0.3, -0.25) is 24.0 Å². The molecule has 0 spiro atoms. The van der Waals surface area contributed by atoms with Crippen molar-refractivity contribution in [3.8, 4) is 11.5 Å². The van der Waals surface area contributed by atoms with Crippen LogP contribution >= 0.6 is 0 Å². The number of ketones is 2. The number of rotatable bonds is 8. The van der Waals surface area contributed by atoms with Crippen LogP contribution in [0.2, 0.25) is 0 Å². The van der Waals surface area contributed by atoms with Gasteiger partial charge in [0.05, 0.1) is 11.1 Å². The first-order chi connectivity index (χ1) is 15.4. The summed E-state index contributed by atoms with van der Waals surface area (Å²) < 4.78 is 15.8. The Balaban J connectivity index is 2.60. The van der Waals surface area contributed by atoms with Crippen LogP contribution in [-0.4, -0.2) is 35.6 Å². The summed E-state index contributed by atoms with van der Waals surface area (Å²) in [6.45, 7) is 9.75. The van der Waals surface area contributed by atoms with Gasteiger partial charge in [-0.15, -0.1) is 0 Å². The van der Waals surface area contributed by atoms with E-state index >= 15 is 0 Å². The molecule has 0 aromatic heterocycles. The molecule has 1 aliphatic rings. The first kappa shape index (κ1) is 25.7. The van der Waals surface area contributed by atoms with Gasteiger partial charge in [-0.25, -0.2) is 0 Å². The van der Waals surface area contributed by atoms with Crippen molar-refractivity contribution in [1.29, 1.82) is 0 Å². The molecule has 1 unspecified atom stereocenters. The van der Waals surface area contributed by atoms with Crippen LogP contribution in [0.3, 0.4) is 0 Å². The summed E-state index contributed by atoms with van der Waals surface area (Å²) in [5.41, 5.74) is 0.490. The summed E-state index contributed by atoms with van der Waals surface area (Å²) in [6.07, 6.45) is 2.19. The summed E-state index contributed by atoms with van der Waals surface area (Å²) in [6, 6.07) is 2.56. The third-order valence-electron chi connectivity index (χ3n) is 4.59. The highest BCUT2D eigenvalue weighted by atomic mass is 16.5. The summed E-state index contributed by atoms with van der Waals surface area (Å²) in [7, 11) is 0. The van der Waals surface area contributed by atoms with Crippen LogP contribution in [0.1, 0.15) is 75.1 Å². The van der Waals surface area contributed by atoms with E-state index in [-0.39, 0.29) is 47.0 Å². The van der Waals surface area contributed by atoms with E-state index in [1.165, 1.54) is 12.1 Å². The topological polar surface area (TPSA) is 113 Å². The van der Waals surface area contributed by atoms with Gasteiger partial charge in [0, 0.05) is 32.3 Å². The molecule has 0 amide bonds. The number of carbonyl (C=O) groups excluding carboxylic acids is 5. The third-order valence-corrected chi connectivity index (χ3v) is 4.59. The van der Waals surface area contributed by atoms with Gasteiger partial charge in [0.1, 0.15) is 17.6 Å². The molecule has 8 heteroatoms. The van der Waals surface area contributed by atoms with Gasteiger partial charge in [0.15, 0.2) is 11.6 Å². The van der Waals surface area contributed by atoms with Crippen molar-refractivity contribution in [2.45, 2.75) is 60.5 Å². The Morgan fingerprint density at radius 2 is 1.45 bits per heavy atom. The molecule has 0 bridgehead atoms. The molecule has 0 saturated carbocycles. The van der Waals surface area contributed by atoms with Crippen LogP contribution in [0, 0.1) is 5.92 Å². The zero-order chi connectivity index (χ0) is 24.9. The molecule has 0 aliphatic heterocycles. The normalized spacial score (nSPS) is 13.6. The molecule has 0 radical (unpaired) electrons. The number of benzene rings is 1. The van der Waals surface area contributed by atoms with E-state index in [9.17, 15) is 24.0 Å². The maximum Gasteiger partial charge on any atom is 0.308 e. The monoisotopic (exact) mass is 456 g/mol. The van der Waals surface area contributed by atoms with Crippen LogP contribution in [0.5, 0.6) is 11.5 Å². The molecule has 0 fully saturated rings. The second kappa shape index (κ2) is 10.8. The lowest BCUT2D eigenvalue weighted by molar-refractivity contribution is -0.148. The van der Waals surface area contributed by atoms with Gasteiger partial charge in [-0.1, -0.05) is 25.5 Å². The van der Waals surface area contributed by atoms with Crippen molar-refractivity contribution in [3.63, 3.8) is 0 Å². The second-order valence-corrected chi connectivity index (χ2v) is 8.39. The van der Waals surface area contributed by atoms with E-state index in [2.05, 4.69) is 0 Å². The number of allylic oxidation sites excluding steroid dienone is 2. The lowest BCUT2D eigenvalue weighted by atomic mass is 9.85. The number of ether oxygens (including phenoxy) is 3. The van der Waals surface area contributed by atoms with Gasteiger partial charge in [0.2, 0.25) is 0 Å². The Hall–Kier alpha value is -3.55. The minimum atomic E-state index is -1.02. The minimum Gasteiger partial charge on any atom is -0.457 e. The summed E-state index contributed by atoms with van der Waals surface area (Å²) >= 11 is 0. The van der Waals surface area contributed by atoms with E-state index in [1.54, 1.807) is 6.08 Å². The van der Waals surface area contributed by atoms with E-state index < -0.39 is 35.6 Å². The van der Waals surface area contributed by atoms with Crippen molar-refractivity contribution in [1.82, 2.24) is 0 Å². The largest absolute Gasteiger partial charge is 0.457 e. The molecule has 2 rings (SSSR count). The highest BCUT2D eigenvalue weighted by Gasteiger charge is 2.37. The molecule has 0 N–H and O–H groups in total. The van der Waals surface area contributed by atoms with Crippen molar-refractivity contribution in [2.24, 2.45) is 5.92 Å². The molecule has 176 valence electrons. The van der Waals surface area contributed by atoms with Crippen LogP contribution in [-0.2, 0) is 19.1 Å². The SMILES string of the molecule is CC(=O)Oc1ccc(OC(C)=O)c2c1C(=O)C=C(C(CC=C(C)C)OC(=O)CC(C)C)C2=O. The zero-order valence-corrected chi connectivity index (χ0v) is 19.6. The smallest absolute Gasteiger partial charge is 0.308 e. The predicted molar refractivity (Wildman–Crippen MR) is 119 cm³/mol. The zero-order valence-electron chi connectivity index (χ0n) is 19.6. The van der Waals surface area contributed by atoms with Gasteiger partial charge in [0.25, 0.3) is 0 Å². The van der Waals surface area contributed by atoms with Crippen molar-refractivity contribution < 1.29 is 38.2 Å². The Bertz CT molecular complexity index is 1050. The van der Waals surface area contributed by atoms with Gasteiger partial charge in [-0.2, -0.15) is 0 Å². The standard InChI is InChI=1S/C25H28O8/c1-13(2)7-8-19(33-22(29)11-14(3)4)17-12-18(28)23-20(31-15(5)26)9-10-21(32-16(6)27)24(23)25(17)30/h7,9-10,12,14,19H,8,11H2,1-6H3. The number of Topliss-reactive ketones (excluding diaryl/α,β-unsaturated/α-hetero) is 1. The second-order valence-electron chi connectivity index (χ2n) is 8.39. The number of fused-ring (bicyclic) bond motifs is 1. The number of hydrogen-bond acceptors (Lipinski definition) is 8. The summed E-state index contributed by atoms with van der Waals surface area (Å²) in [5, 5.41) is 0. The van der Waals surface area contributed by atoms with Gasteiger partial charge < -0.3 is 14.2 Å². The van der Waals surface area contributed by atoms with E-state index in [0.29, 0.717) is 0 Å². The van der Waals surface area contributed by atoms with E-state index in [1.807, 2.05) is 27.7 Å². The average molecular weight is 456 g/mol. The average Bonchev–Trinajstić information content (AvgIpc) is 2.67. The quantitative estimate of drug-likeness (QED) is 0.326. The highest BCUT2D eigenvalue weighted by molar-refractivity contribution is 6.27. The lowest BCUT2D eigenvalue weighted by Gasteiger charge is -2.25. The lowest BCUT2D eigenvalue weighted by Crippen LogP contribution is -2.30. The molecule has 1 aromatic carbocycles. The highest BCUT2D eigenvalue weighted by Crippen LogP contribution is 2.38. The fraction of sp³-hybridized carbons (Fsp3) is 0.400. The third kappa shape index (κ3) is 6.71. The fourth-order valence-electron chi connectivity index (χ4n) is 3.30. The Morgan fingerprint density at radius 1 is 0.909 bits per heavy atom. The molecule has 0 saturated heterocycles. The van der Waals surface area contributed by atoms with Crippen LogP contribution in [0.4, 0.5) is 0 Å². The summed E-state index contributed by atoms with van der Waals surface area (Å²) in [5.74, 6) is -3.40. The number of hydrogen-bond donors (Lipinski definition) is 0. The molecule has 1 aliphatic carbocycles. The molecular formula is C25H28O8. The molecule has 1 aromatic rings. The van der Waals surface area contributed by atoms with Crippen LogP contribution in [0.25, 0.3) is 0 Å². The van der Waals surface area contributed by atoms with Crippen LogP contribution in [0.15, 0.2) is 35.4 Å². The Morgan fingerprint density at radius 3 is 1.94 bits per heavy atom. The number of esters is 3. The van der Waals surface area contributed by atoms with Crippen molar-refractivity contribution in [2.75, 3.05) is 0 Å². The molecule has 33 heavy (non-hydrogen) atoms. The number of carbonyl (C=O) groups is 5. The minimum absolute atomic E-state index is 0.0434. The molecule has 1 atom stereocenters. The fourth-order valence-corrected chi connectivity index (χ4v) is 3.30. The Kier molecular flexibility index (Phi) is 8.45. The maximum atomic E-state index is 13.5. The van der Waals surface area contributed by atoms with Crippen LogP contribution < -0.4 is 9.47 Å². The molecule has 8 nitrogen and oxygen atoms in total. The van der Waals surface area contributed by atoms with Gasteiger partial charge in [-0.05, 0) is 38.0 Å². The summed E-state index contributed by atoms with van der Waals surface area (Å²) in [4.78, 5) is 62.1. The van der Waals surface area contributed by atoms with E-state index in [4.69, 9.17) is 14.2 Å². The molecular weight excluding hydrogens is 428 g/mol. The first-order valence-electron chi connectivity index (χ1n) is 10.6. The van der Waals surface area contributed by atoms with Gasteiger partial charge >= 0.3 is 17.9 Å². The van der Waals surface area contributed by atoms with E-state index in [0.717, 1.165) is 25.5 Å². The maximum absolute atomic E-state index is 13.5. The Labute approximate surface area is 192 Å². The predicted octanol–water partition coefficient (Wildman–Crippen LogP) is 4.16. The first-order valence-corrected chi connectivity index (χ1v) is 10.6. The molecule has 0 heterocycles. The van der Waals surface area contributed by atoms with Crippen molar-refractivity contribution >= 4 is 29.5 Å². The van der Waals surface area contributed by atoms with Crippen molar-refractivity contribution in [3.05, 3.63) is 46.6 Å².